The number of nitriles is 1. The highest BCUT2D eigenvalue weighted by Gasteiger charge is 2.31. The third-order valence-corrected chi connectivity index (χ3v) is 4.83. The van der Waals surface area contributed by atoms with Crippen molar-refractivity contribution in [2.45, 2.75) is 12.7 Å². The van der Waals surface area contributed by atoms with Gasteiger partial charge in [0, 0.05) is 17.7 Å². The maximum absolute atomic E-state index is 12.9. The molecule has 1 N–H and O–H groups in total. The number of nitro groups is 1. The summed E-state index contributed by atoms with van der Waals surface area (Å²) in [5, 5.41) is 20.2. The summed E-state index contributed by atoms with van der Waals surface area (Å²) in [5.41, 5.74) is 0.745. The lowest BCUT2D eigenvalue weighted by Gasteiger charge is -2.34. The topological polar surface area (TPSA) is 74.6 Å². The molecule has 1 saturated heterocycles. The highest BCUT2D eigenvalue weighted by Crippen LogP contribution is 2.29. The number of anilines is 1. The SMILES string of the molecule is N#Cc1cc([N+](=O)[O-])ccc1N1CC[NH+](Cc2cccc(C(F)(F)F)c2)CC1. The second-order valence-electron chi connectivity index (χ2n) is 6.68. The molecule has 1 aliphatic heterocycles. The van der Waals surface area contributed by atoms with E-state index in [1.54, 1.807) is 12.1 Å². The van der Waals surface area contributed by atoms with E-state index in [1.807, 2.05) is 11.0 Å². The van der Waals surface area contributed by atoms with Crippen molar-refractivity contribution in [3.8, 4) is 6.07 Å². The van der Waals surface area contributed by atoms with Gasteiger partial charge in [-0.05, 0) is 18.2 Å². The predicted octanol–water partition coefficient (Wildman–Crippen LogP) is 2.39. The lowest BCUT2D eigenvalue weighted by molar-refractivity contribution is -0.914. The Balaban J connectivity index is 1.66. The summed E-state index contributed by atoms with van der Waals surface area (Å²) in [6.45, 7) is 3.10. The van der Waals surface area contributed by atoms with Crippen LogP contribution < -0.4 is 9.80 Å². The molecule has 0 aromatic heterocycles. The molecule has 2 aromatic rings. The van der Waals surface area contributed by atoms with Gasteiger partial charge in [-0.3, -0.25) is 10.1 Å². The molecule has 1 fully saturated rings. The van der Waals surface area contributed by atoms with Crippen LogP contribution in [-0.2, 0) is 12.7 Å². The number of piperazine rings is 1. The molecule has 1 aliphatic rings. The van der Waals surface area contributed by atoms with Crippen molar-refractivity contribution in [2.24, 2.45) is 0 Å². The van der Waals surface area contributed by atoms with Crippen LogP contribution >= 0.6 is 0 Å². The van der Waals surface area contributed by atoms with Gasteiger partial charge in [0.1, 0.15) is 12.6 Å². The van der Waals surface area contributed by atoms with E-state index in [1.165, 1.54) is 24.3 Å². The third-order valence-electron chi connectivity index (χ3n) is 4.83. The van der Waals surface area contributed by atoms with E-state index in [9.17, 15) is 28.5 Å². The lowest BCUT2D eigenvalue weighted by Crippen LogP contribution is -3.13. The molecule has 1 heterocycles. The summed E-state index contributed by atoms with van der Waals surface area (Å²) in [6.07, 6.45) is -4.35. The molecular weight excluding hydrogens is 373 g/mol. The van der Waals surface area contributed by atoms with E-state index in [0.29, 0.717) is 44.0 Å². The quantitative estimate of drug-likeness (QED) is 0.642. The molecule has 0 bridgehead atoms. The van der Waals surface area contributed by atoms with Crippen molar-refractivity contribution < 1.29 is 23.0 Å². The largest absolute Gasteiger partial charge is 0.416 e. The summed E-state index contributed by atoms with van der Waals surface area (Å²) >= 11 is 0. The third kappa shape index (κ3) is 4.40. The van der Waals surface area contributed by atoms with E-state index >= 15 is 0 Å². The number of halogens is 3. The van der Waals surface area contributed by atoms with Gasteiger partial charge in [0.2, 0.25) is 0 Å². The highest BCUT2D eigenvalue weighted by molar-refractivity contribution is 5.63. The van der Waals surface area contributed by atoms with Crippen LogP contribution in [-0.4, -0.2) is 31.1 Å². The molecule has 0 unspecified atom stereocenters. The average Bonchev–Trinajstić information content (AvgIpc) is 2.67. The van der Waals surface area contributed by atoms with Crippen molar-refractivity contribution in [3.05, 3.63) is 69.3 Å². The van der Waals surface area contributed by atoms with Crippen LogP contribution in [0.4, 0.5) is 24.5 Å². The van der Waals surface area contributed by atoms with Gasteiger partial charge in [-0.15, -0.1) is 0 Å². The van der Waals surface area contributed by atoms with E-state index in [-0.39, 0.29) is 11.3 Å². The molecule has 0 saturated carbocycles. The minimum atomic E-state index is -4.35. The number of hydrogen-bond acceptors (Lipinski definition) is 4. The zero-order valence-electron chi connectivity index (χ0n) is 14.9. The minimum absolute atomic E-state index is 0.130. The van der Waals surface area contributed by atoms with Gasteiger partial charge in [0.15, 0.2) is 0 Å². The maximum atomic E-state index is 12.9. The van der Waals surface area contributed by atoms with E-state index < -0.39 is 16.7 Å². The molecule has 0 radical (unpaired) electrons. The summed E-state index contributed by atoms with van der Waals surface area (Å²) < 4.78 is 38.6. The van der Waals surface area contributed by atoms with Crippen molar-refractivity contribution in [2.75, 3.05) is 31.1 Å². The molecule has 2 aromatic carbocycles. The van der Waals surface area contributed by atoms with E-state index in [4.69, 9.17) is 0 Å². The van der Waals surface area contributed by atoms with Crippen LogP contribution in [0.1, 0.15) is 16.7 Å². The molecular formula is C19H18F3N4O2+. The molecule has 0 atom stereocenters. The first-order chi connectivity index (χ1) is 13.3. The molecule has 0 spiro atoms. The average molecular weight is 391 g/mol. The predicted molar refractivity (Wildman–Crippen MR) is 95.9 cm³/mol. The summed E-state index contributed by atoms with van der Waals surface area (Å²) in [6, 6.07) is 11.6. The lowest BCUT2D eigenvalue weighted by atomic mass is 10.1. The van der Waals surface area contributed by atoms with Crippen molar-refractivity contribution in [1.82, 2.24) is 0 Å². The van der Waals surface area contributed by atoms with Crippen LogP contribution in [0.15, 0.2) is 42.5 Å². The molecule has 28 heavy (non-hydrogen) atoms. The molecule has 9 heteroatoms. The number of nitrogens with zero attached hydrogens (tertiary/aromatic N) is 3. The van der Waals surface area contributed by atoms with Crippen LogP contribution in [0, 0.1) is 21.4 Å². The number of hydrogen-bond donors (Lipinski definition) is 1. The van der Waals surface area contributed by atoms with Crippen LogP contribution in [0.3, 0.4) is 0 Å². The fourth-order valence-corrected chi connectivity index (χ4v) is 3.39. The number of nitro benzene ring substituents is 1. The minimum Gasteiger partial charge on any atom is -0.359 e. The Morgan fingerprint density at radius 1 is 1.18 bits per heavy atom. The standard InChI is InChI=1S/C19H17F3N4O2/c20-19(21,22)16-3-1-2-14(10-16)13-24-6-8-25(9-7-24)18-5-4-17(26(27)28)11-15(18)12-23/h1-5,10-11H,6-9,13H2/p+1. The van der Waals surface area contributed by atoms with Crippen LogP contribution in [0.5, 0.6) is 0 Å². The molecule has 146 valence electrons. The van der Waals surface area contributed by atoms with Gasteiger partial charge in [-0.2, -0.15) is 18.4 Å². The van der Waals surface area contributed by atoms with E-state index in [0.717, 1.165) is 11.0 Å². The molecule has 3 rings (SSSR count). The monoisotopic (exact) mass is 391 g/mol. The zero-order valence-corrected chi connectivity index (χ0v) is 14.9. The summed E-state index contributed by atoms with van der Waals surface area (Å²) in [7, 11) is 0. The normalized spacial score (nSPS) is 15.3. The Hall–Kier alpha value is -3.12. The Labute approximate surface area is 159 Å². The highest BCUT2D eigenvalue weighted by atomic mass is 19.4. The summed E-state index contributed by atoms with van der Waals surface area (Å²) in [5.74, 6) is 0. The Morgan fingerprint density at radius 2 is 1.89 bits per heavy atom. The van der Waals surface area contributed by atoms with Gasteiger partial charge in [-0.25, -0.2) is 0 Å². The van der Waals surface area contributed by atoms with Gasteiger partial charge < -0.3 is 9.80 Å². The smallest absolute Gasteiger partial charge is 0.359 e. The van der Waals surface area contributed by atoms with Crippen molar-refractivity contribution >= 4 is 11.4 Å². The Bertz CT molecular complexity index is 916. The number of non-ortho nitro benzene ring substituents is 1. The fraction of sp³-hybridized carbons (Fsp3) is 0.316. The van der Waals surface area contributed by atoms with Crippen molar-refractivity contribution in [3.63, 3.8) is 0 Å². The number of alkyl halides is 3. The van der Waals surface area contributed by atoms with E-state index in [2.05, 4.69) is 0 Å². The first-order valence-corrected chi connectivity index (χ1v) is 8.71. The molecule has 0 aliphatic carbocycles. The van der Waals surface area contributed by atoms with Crippen molar-refractivity contribution in [1.29, 1.82) is 5.26 Å². The molecule has 6 nitrogen and oxygen atoms in total. The first-order valence-electron chi connectivity index (χ1n) is 8.71. The Kier molecular flexibility index (Phi) is 5.51. The first kappa shape index (κ1) is 19.6. The van der Waals surface area contributed by atoms with Gasteiger partial charge >= 0.3 is 6.18 Å². The van der Waals surface area contributed by atoms with Crippen LogP contribution in [0.2, 0.25) is 0 Å². The number of benzene rings is 2. The van der Waals surface area contributed by atoms with Crippen LogP contribution in [0.25, 0.3) is 0 Å². The van der Waals surface area contributed by atoms with Gasteiger partial charge in [0.25, 0.3) is 5.69 Å². The molecule has 0 amide bonds. The summed E-state index contributed by atoms with van der Waals surface area (Å²) in [4.78, 5) is 13.5. The van der Waals surface area contributed by atoms with Gasteiger partial charge in [0.05, 0.1) is 47.9 Å². The Morgan fingerprint density at radius 3 is 2.50 bits per heavy atom. The second-order valence-corrected chi connectivity index (χ2v) is 6.68. The number of quaternary nitrogens is 1. The fourth-order valence-electron chi connectivity index (χ4n) is 3.39. The number of nitrogens with one attached hydrogen (secondary N) is 1. The second kappa shape index (κ2) is 7.86. The maximum Gasteiger partial charge on any atom is 0.416 e. The number of rotatable bonds is 4. The van der Waals surface area contributed by atoms with Gasteiger partial charge in [-0.1, -0.05) is 12.1 Å². The zero-order chi connectivity index (χ0) is 20.3.